The van der Waals surface area contributed by atoms with Crippen LogP contribution in [0, 0.1) is 0 Å². The fraction of sp³-hybridized carbons (Fsp3) is 0.423. The maximum Gasteiger partial charge on any atom is 0.208 e. The first-order chi connectivity index (χ1) is 15.5. The molecule has 0 amide bonds. The fourth-order valence-electron chi connectivity index (χ4n) is 5.10. The second kappa shape index (κ2) is 8.60. The Morgan fingerprint density at radius 2 is 1.81 bits per heavy atom. The molecule has 1 unspecified atom stereocenters. The minimum atomic E-state index is -0.535. The molecule has 0 radical (unpaired) electrons. The summed E-state index contributed by atoms with van der Waals surface area (Å²) in [6.07, 6.45) is 6.37. The number of fused-ring (bicyclic) bond motifs is 1. The van der Waals surface area contributed by atoms with Crippen LogP contribution in [0.5, 0.6) is 0 Å². The van der Waals surface area contributed by atoms with Crippen molar-refractivity contribution in [2.75, 3.05) is 33.7 Å². The number of likely N-dealkylation sites (N-methyl/N-ethyl adjacent to an activating group) is 1. The van der Waals surface area contributed by atoms with Crippen LogP contribution in [-0.4, -0.2) is 72.2 Å². The van der Waals surface area contributed by atoms with Gasteiger partial charge in [0.1, 0.15) is 5.76 Å². The summed E-state index contributed by atoms with van der Waals surface area (Å²) in [7, 11) is 4.25. The number of ether oxygens (including phenoxy) is 1. The number of aromatic nitrogens is 1. The first-order valence-electron chi connectivity index (χ1n) is 11.4. The number of hydrogen-bond acceptors (Lipinski definition) is 6. The number of aryl methyl sites for hydroxylation is 1. The number of Topliss-reactive ketones (excluding diaryl/α,β-unsaturated/α-hetero) is 2. The molecule has 1 aromatic heterocycles. The van der Waals surface area contributed by atoms with Gasteiger partial charge >= 0.3 is 0 Å². The number of pyridine rings is 1. The molecular weight excluding hydrogens is 402 g/mol. The Kier molecular flexibility index (Phi) is 5.66. The maximum atomic E-state index is 13.6. The van der Waals surface area contributed by atoms with E-state index >= 15 is 0 Å². The number of piperidine rings is 1. The molecule has 6 nitrogen and oxygen atoms in total. The van der Waals surface area contributed by atoms with Crippen LogP contribution in [0.1, 0.15) is 46.3 Å². The SMILES string of the molecule is CN1CCC(N(C)CC2OC(c3ccc4c(c3)CCC4=O)=C(c3ccncc3)C2=O)CC1. The first kappa shape index (κ1) is 21.0. The molecule has 32 heavy (non-hydrogen) atoms. The summed E-state index contributed by atoms with van der Waals surface area (Å²) in [4.78, 5) is 34.4. The van der Waals surface area contributed by atoms with E-state index in [1.807, 2.05) is 30.3 Å². The van der Waals surface area contributed by atoms with E-state index in [1.54, 1.807) is 12.4 Å². The molecule has 3 heterocycles. The predicted octanol–water partition coefficient (Wildman–Crippen LogP) is 3.07. The molecule has 1 saturated heterocycles. The predicted molar refractivity (Wildman–Crippen MR) is 123 cm³/mol. The van der Waals surface area contributed by atoms with Crippen LogP contribution in [0.3, 0.4) is 0 Å². The third-order valence-electron chi connectivity index (χ3n) is 7.05. The highest BCUT2D eigenvalue weighted by Gasteiger charge is 2.38. The van der Waals surface area contributed by atoms with E-state index in [1.165, 1.54) is 0 Å². The molecule has 0 saturated carbocycles. The van der Waals surface area contributed by atoms with Gasteiger partial charge in [-0.15, -0.1) is 0 Å². The van der Waals surface area contributed by atoms with Gasteiger partial charge in [0.2, 0.25) is 5.78 Å². The average molecular weight is 432 g/mol. The van der Waals surface area contributed by atoms with E-state index in [2.05, 4.69) is 28.9 Å². The molecule has 0 N–H and O–H groups in total. The van der Waals surface area contributed by atoms with Gasteiger partial charge < -0.3 is 9.64 Å². The molecule has 6 heteroatoms. The van der Waals surface area contributed by atoms with Crippen LogP contribution < -0.4 is 0 Å². The van der Waals surface area contributed by atoms with Crippen molar-refractivity contribution in [2.24, 2.45) is 0 Å². The van der Waals surface area contributed by atoms with Gasteiger partial charge in [0.05, 0.1) is 5.57 Å². The normalized spacial score (nSPS) is 22.0. The number of ketones is 2. The topological polar surface area (TPSA) is 62.7 Å². The summed E-state index contributed by atoms with van der Waals surface area (Å²) >= 11 is 0. The number of rotatable bonds is 5. The summed E-state index contributed by atoms with van der Waals surface area (Å²) in [5.41, 5.74) is 4.13. The largest absolute Gasteiger partial charge is 0.479 e. The van der Waals surface area contributed by atoms with E-state index in [0.29, 0.717) is 30.3 Å². The minimum absolute atomic E-state index is 0.0163. The highest BCUT2D eigenvalue weighted by Crippen LogP contribution is 2.38. The van der Waals surface area contributed by atoms with Crippen LogP contribution in [-0.2, 0) is 16.0 Å². The molecule has 1 atom stereocenters. The van der Waals surface area contributed by atoms with Crippen molar-refractivity contribution in [1.82, 2.24) is 14.8 Å². The Balaban J connectivity index is 1.44. The second-order valence-corrected chi connectivity index (χ2v) is 9.18. The smallest absolute Gasteiger partial charge is 0.208 e. The molecule has 3 aliphatic rings. The molecule has 2 aromatic rings. The van der Waals surface area contributed by atoms with Crippen LogP contribution in [0.4, 0.5) is 0 Å². The quantitative estimate of drug-likeness (QED) is 0.725. The van der Waals surface area contributed by atoms with Gasteiger partial charge in [-0.3, -0.25) is 19.5 Å². The molecule has 2 aliphatic heterocycles. The summed E-state index contributed by atoms with van der Waals surface area (Å²) in [6, 6.07) is 9.99. The van der Waals surface area contributed by atoms with E-state index in [-0.39, 0.29) is 11.6 Å². The van der Waals surface area contributed by atoms with Crippen molar-refractivity contribution >= 4 is 22.9 Å². The maximum absolute atomic E-state index is 13.6. The first-order valence-corrected chi connectivity index (χ1v) is 11.4. The van der Waals surface area contributed by atoms with Crippen LogP contribution in [0.25, 0.3) is 11.3 Å². The Morgan fingerprint density at radius 3 is 2.56 bits per heavy atom. The zero-order chi connectivity index (χ0) is 22.2. The molecule has 1 fully saturated rings. The lowest BCUT2D eigenvalue weighted by Crippen LogP contribution is -2.45. The van der Waals surface area contributed by atoms with Crippen LogP contribution in [0.15, 0.2) is 42.7 Å². The van der Waals surface area contributed by atoms with Crippen molar-refractivity contribution in [1.29, 1.82) is 0 Å². The number of likely N-dealkylation sites (tertiary alicyclic amines) is 1. The number of nitrogens with zero attached hydrogens (tertiary/aromatic N) is 3. The van der Waals surface area contributed by atoms with E-state index in [9.17, 15) is 9.59 Å². The number of carbonyl (C=O) groups excluding carboxylic acids is 2. The van der Waals surface area contributed by atoms with Gasteiger partial charge in [0, 0.05) is 42.5 Å². The van der Waals surface area contributed by atoms with Crippen molar-refractivity contribution in [3.8, 4) is 0 Å². The molecular formula is C26H29N3O3. The fourth-order valence-corrected chi connectivity index (χ4v) is 5.10. The van der Waals surface area contributed by atoms with Gasteiger partial charge in [-0.1, -0.05) is 12.1 Å². The van der Waals surface area contributed by atoms with Crippen molar-refractivity contribution in [2.45, 2.75) is 37.8 Å². The molecule has 1 aromatic carbocycles. The summed E-state index contributed by atoms with van der Waals surface area (Å²) in [5.74, 6) is 0.823. The number of carbonyl (C=O) groups is 2. The molecule has 0 spiro atoms. The number of benzene rings is 1. The Labute approximate surface area is 188 Å². The van der Waals surface area contributed by atoms with Gasteiger partial charge in [-0.2, -0.15) is 0 Å². The Hall–Kier alpha value is -2.83. The zero-order valence-electron chi connectivity index (χ0n) is 18.7. The summed E-state index contributed by atoms with van der Waals surface area (Å²) in [5, 5.41) is 0. The second-order valence-electron chi connectivity index (χ2n) is 9.18. The lowest BCUT2D eigenvalue weighted by molar-refractivity contribution is -0.120. The molecule has 1 aliphatic carbocycles. The van der Waals surface area contributed by atoms with Gasteiger partial charge in [-0.05, 0) is 75.8 Å². The lowest BCUT2D eigenvalue weighted by Gasteiger charge is -2.35. The highest BCUT2D eigenvalue weighted by molar-refractivity contribution is 6.31. The third kappa shape index (κ3) is 3.89. The van der Waals surface area contributed by atoms with Crippen molar-refractivity contribution < 1.29 is 14.3 Å². The van der Waals surface area contributed by atoms with E-state index < -0.39 is 6.10 Å². The lowest BCUT2D eigenvalue weighted by atomic mass is 9.96. The van der Waals surface area contributed by atoms with Crippen molar-refractivity contribution in [3.05, 3.63) is 65.0 Å². The molecule has 0 bridgehead atoms. The third-order valence-corrected chi connectivity index (χ3v) is 7.05. The Morgan fingerprint density at radius 1 is 1.06 bits per heavy atom. The highest BCUT2D eigenvalue weighted by atomic mass is 16.5. The average Bonchev–Trinajstić information content (AvgIpc) is 3.34. The van der Waals surface area contributed by atoms with Crippen LogP contribution >= 0.6 is 0 Å². The van der Waals surface area contributed by atoms with Gasteiger partial charge in [0.25, 0.3) is 0 Å². The van der Waals surface area contributed by atoms with Crippen LogP contribution in [0.2, 0.25) is 0 Å². The summed E-state index contributed by atoms with van der Waals surface area (Å²) < 4.78 is 6.37. The number of hydrogen-bond donors (Lipinski definition) is 0. The van der Waals surface area contributed by atoms with Gasteiger partial charge in [-0.25, -0.2) is 0 Å². The Bertz CT molecular complexity index is 1070. The monoisotopic (exact) mass is 431 g/mol. The zero-order valence-corrected chi connectivity index (χ0v) is 18.7. The van der Waals surface area contributed by atoms with E-state index in [4.69, 9.17) is 4.74 Å². The molecule has 166 valence electrons. The standard InChI is InChI=1S/C26H29N3O3/c1-28-13-9-20(10-14-28)29(2)16-23-25(31)24(17-7-11-27-12-8-17)26(32-23)19-3-5-21-18(15-19)4-6-22(21)30/h3,5,7-8,11-12,15,20,23H,4,6,9-10,13-14,16H2,1-2H3. The molecule has 5 rings (SSSR count). The van der Waals surface area contributed by atoms with E-state index in [0.717, 1.165) is 54.6 Å². The summed E-state index contributed by atoms with van der Waals surface area (Å²) in [6.45, 7) is 2.72. The minimum Gasteiger partial charge on any atom is -0.479 e. The van der Waals surface area contributed by atoms with Crippen molar-refractivity contribution in [3.63, 3.8) is 0 Å². The van der Waals surface area contributed by atoms with Gasteiger partial charge in [0.15, 0.2) is 11.9 Å².